The molecule has 0 spiro atoms. The Morgan fingerprint density at radius 1 is 1.48 bits per heavy atom. The summed E-state index contributed by atoms with van der Waals surface area (Å²) in [6.07, 6.45) is 5.43. The van der Waals surface area contributed by atoms with Crippen molar-refractivity contribution in [3.8, 4) is 0 Å². The average molecular weight is 341 g/mol. The molecule has 2 aromatic rings. The molecule has 1 aromatic heterocycles. The summed E-state index contributed by atoms with van der Waals surface area (Å²) in [5.41, 5.74) is 3.82. The Labute approximate surface area is 148 Å². The first-order chi connectivity index (χ1) is 12.1. The van der Waals surface area contributed by atoms with Gasteiger partial charge < -0.3 is 14.8 Å². The highest BCUT2D eigenvalue weighted by atomic mass is 16.5. The summed E-state index contributed by atoms with van der Waals surface area (Å²) >= 11 is 0. The molecule has 1 aliphatic heterocycles. The molecule has 0 saturated heterocycles. The number of ether oxygens (including phenoxy) is 1. The van der Waals surface area contributed by atoms with Gasteiger partial charge in [0.05, 0.1) is 18.7 Å². The molecule has 0 fully saturated rings. The second kappa shape index (κ2) is 7.04. The lowest BCUT2D eigenvalue weighted by Crippen LogP contribution is -2.38. The van der Waals surface area contributed by atoms with Crippen molar-refractivity contribution < 1.29 is 14.6 Å². The van der Waals surface area contributed by atoms with Crippen molar-refractivity contribution in [3.63, 3.8) is 0 Å². The zero-order chi connectivity index (χ0) is 18.0. The predicted octanol–water partition coefficient (Wildman–Crippen LogP) is 4.89. The summed E-state index contributed by atoms with van der Waals surface area (Å²) in [6, 6.07) is 6.40. The number of H-pyrrole nitrogens is 1. The molecule has 1 aromatic carbocycles. The minimum Gasteiger partial charge on any atom is -0.481 e. The Bertz CT molecular complexity index is 792. The van der Waals surface area contributed by atoms with Crippen LogP contribution in [-0.4, -0.2) is 22.7 Å². The molecule has 0 aliphatic carbocycles. The second-order valence-corrected chi connectivity index (χ2v) is 6.95. The Kier molecular flexibility index (Phi) is 5.00. The van der Waals surface area contributed by atoms with Crippen LogP contribution >= 0.6 is 0 Å². The van der Waals surface area contributed by atoms with E-state index in [4.69, 9.17) is 4.74 Å². The number of nitrogens with one attached hydrogen (secondary N) is 1. The van der Waals surface area contributed by atoms with Crippen LogP contribution in [0.15, 0.2) is 30.9 Å². The number of carbonyl (C=O) groups is 1. The number of aryl methyl sites for hydroxylation is 1. The fourth-order valence-electron chi connectivity index (χ4n) is 4.15. The van der Waals surface area contributed by atoms with Crippen molar-refractivity contribution in [3.05, 3.63) is 47.7 Å². The fraction of sp³-hybridized carbons (Fsp3) is 0.476. The number of benzene rings is 1. The van der Waals surface area contributed by atoms with Gasteiger partial charge in [-0.15, -0.1) is 6.58 Å². The number of hydrogen-bond donors (Lipinski definition) is 2. The van der Waals surface area contributed by atoms with Crippen molar-refractivity contribution in [2.45, 2.75) is 57.5 Å². The third-order valence-corrected chi connectivity index (χ3v) is 5.36. The van der Waals surface area contributed by atoms with E-state index in [1.807, 2.05) is 13.0 Å². The van der Waals surface area contributed by atoms with Crippen molar-refractivity contribution in [2.75, 3.05) is 6.61 Å². The topological polar surface area (TPSA) is 62.3 Å². The molecule has 0 radical (unpaired) electrons. The maximum absolute atomic E-state index is 11.5. The molecule has 2 atom stereocenters. The van der Waals surface area contributed by atoms with E-state index < -0.39 is 11.6 Å². The van der Waals surface area contributed by atoms with E-state index in [1.54, 1.807) is 0 Å². The molecule has 0 bridgehead atoms. The molecule has 3 rings (SSSR count). The normalized spacial score (nSPS) is 22.7. The van der Waals surface area contributed by atoms with Gasteiger partial charge in [0.2, 0.25) is 0 Å². The quantitative estimate of drug-likeness (QED) is 0.705. The maximum atomic E-state index is 11.5. The Balaban J connectivity index is 2.26. The number of carboxylic acids is 1. The van der Waals surface area contributed by atoms with Gasteiger partial charge in [0.1, 0.15) is 5.60 Å². The van der Waals surface area contributed by atoms with E-state index in [0.29, 0.717) is 13.0 Å². The van der Waals surface area contributed by atoms with Gasteiger partial charge in [-0.05, 0) is 30.4 Å². The van der Waals surface area contributed by atoms with Crippen LogP contribution in [0.3, 0.4) is 0 Å². The third-order valence-electron chi connectivity index (χ3n) is 5.36. The van der Waals surface area contributed by atoms with Crippen LogP contribution in [-0.2, 0) is 21.6 Å². The molecule has 4 nitrogen and oxygen atoms in total. The molecule has 2 N–H and O–H groups in total. The molecule has 1 unspecified atom stereocenters. The lowest BCUT2D eigenvalue weighted by molar-refractivity contribution is -0.149. The first kappa shape index (κ1) is 17.7. The van der Waals surface area contributed by atoms with E-state index >= 15 is 0 Å². The largest absolute Gasteiger partial charge is 0.481 e. The lowest BCUT2D eigenvalue weighted by atomic mass is 9.81. The van der Waals surface area contributed by atoms with Crippen LogP contribution < -0.4 is 0 Å². The number of hydrogen-bond acceptors (Lipinski definition) is 2. The average Bonchev–Trinajstić information content (AvgIpc) is 2.99. The van der Waals surface area contributed by atoms with E-state index in [2.05, 4.69) is 36.7 Å². The smallest absolute Gasteiger partial charge is 0.306 e. The third kappa shape index (κ3) is 2.99. The van der Waals surface area contributed by atoms with E-state index in [9.17, 15) is 9.90 Å². The lowest BCUT2D eigenvalue weighted by Gasteiger charge is -2.39. The number of carboxylic acid groups (broad SMARTS) is 1. The van der Waals surface area contributed by atoms with Gasteiger partial charge in [0.25, 0.3) is 0 Å². The molecule has 25 heavy (non-hydrogen) atoms. The van der Waals surface area contributed by atoms with Crippen molar-refractivity contribution in [1.82, 2.24) is 4.98 Å². The van der Waals surface area contributed by atoms with Gasteiger partial charge in [-0.1, -0.05) is 44.5 Å². The number of aliphatic carboxylic acids is 1. The molecular formula is C21H27NO3. The van der Waals surface area contributed by atoms with Gasteiger partial charge in [0, 0.05) is 16.8 Å². The van der Waals surface area contributed by atoms with Crippen LogP contribution in [0.4, 0.5) is 0 Å². The standard InChI is InChI=1S/C21H27NO3/c1-4-8-14-10-7-11-16-18-15(9-5-2)13-25-21(6-3,12-17(23)24)20(18)22-19(14)16/h5,7,10-11,15,22H,2,4,6,8-9,12-13H2,1,3H3,(H,23,24)/t15-,21?/m0/s1. The van der Waals surface area contributed by atoms with Crippen LogP contribution in [0.1, 0.15) is 62.3 Å². The second-order valence-electron chi connectivity index (χ2n) is 6.95. The minimum absolute atomic E-state index is 0.0206. The predicted molar refractivity (Wildman–Crippen MR) is 100 cm³/mol. The molecule has 0 saturated carbocycles. The van der Waals surface area contributed by atoms with E-state index in [1.165, 1.54) is 16.5 Å². The first-order valence-corrected chi connectivity index (χ1v) is 9.16. The van der Waals surface area contributed by atoms with Gasteiger partial charge >= 0.3 is 5.97 Å². The number of allylic oxidation sites excluding steroid dienone is 1. The fourth-order valence-corrected chi connectivity index (χ4v) is 4.15. The van der Waals surface area contributed by atoms with Crippen molar-refractivity contribution >= 4 is 16.9 Å². The monoisotopic (exact) mass is 341 g/mol. The summed E-state index contributed by atoms with van der Waals surface area (Å²) in [5.74, 6) is -0.617. The van der Waals surface area contributed by atoms with E-state index in [-0.39, 0.29) is 12.3 Å². The highest BCUT2D eigenvalue weighted by Gasteiger charge is 2.43. The zero-order valence-corrected chi connectivity index (χ0v) is 15.1. The first-order valence-electron chi connectivity index (χ1n) is 9.16. The Hall–Kier alpha value is -2.07. The molecular weight excluding hydrogens is 314 g/mol. The molecule has 4 heteroatoms. The molecule has 2 heterocycles. The van der Waals surface area contributed by atoms with Gasteiger partial charge in [-0.2, -0.15) is 0 Å². The number of para-hydroxylation sites is 1. The zero-order valence-electron chi connectivity index (χ0n) is 15.1. The molecule has 134 valence electrons. The van der Waals surface area contributed by atoms with Crippen LogP contribution in [0.5, 0.6) is 0 Å². The number of rotatable bonds is 7. The molecule has 1 aliphatic rings. The number of aromatic amines is 1. The minimum atomic E-state index is -0.831. The van der Waals surface area contributed by atoms with Crippen LogP contribution in [0.25, 0.3) is 10.9 Å². The Morgan fingerprint density at radius 3 is 2.92 bits per heavy atom. The summed E-state index contributed by atoms with van der Waals surface area (Å²) in [4.78, 5) is 15.1. The van der Waals surface area contributed by atoms with Crippen LogP contribution in [0, 0.1) is 0 Å². The highest BCUT2D eigenvalue weighted by molar-refractivity contribution is 5.89. The summed E-state index contributed by atoms with van der Waals surface area (Å²) in [6.45, 7) is 8.59. The van der Waals surface area contributed by atoms with E-state index in [0.717, 1.165) is 30.5 Å². The maximum Gasteiger partial charge on any atom is 0.306 e. The summed E-state index contributed by atoms with van der Waals surface area (Å²) in [5, 5.41) is 10.7. The summed E-state index contributed by atoms with van der Waals surface area (Å²) < 4.78 is 6.19. The Morgan fingerprint density at radius 2 is 2.28 bits per heavy atom. The SMILES string of the molecule is C=CC[C@H]1COC(CC)(CC(=O)O)c2[nH]c3c(CCC)cccc3c21. The van der Waals surface area contributed by atoms with Crippen LogP contribution in [0.2, 0.25) is 0 Å². The van der Waals surface area contributed by atoms with Gasteiger partial charge in [-0.25, -0.2) is 0 Å². The molecule has 0 amide bonds. The van der Waals surface area contributed by atoms with Gasteiger partial charge in [-0.3, -0.25) is 4.79 Å². The van der Waals surface area contributed by atoms with Gasteiger partial charge in [0.15, 0.2) is 0 Å². The number of fused-ring (bicyclic) bond motifs is 3. The van der Waals surface area contributed by atoms with Crippen molar-refractivity contribution in [1.29, 1.82) is 0 Å². The number of aromatic nitrogens is 1. The highest BCUT2D eigenvalue weighted by Crippen LogP contribution is 2.47. The van der Waals surface area contributed by atoms with Crippen molar-refractivity contribution in [2.24, 2.45) is 0 Å². The summed E-state index contributed by atoms with van der Waals surface area (Å²) in [7, 11) is 0.